The van der Waals surface area contributed by atoms with Crippen LogP contribution in [0.4, 0.5) is 0 Å². The molecule has 0 bridgehead atoms. The van der Waals surface area contributed by atoms with Crippen LogP contribution in [-0.4, -0.2) is 62.1 Å². The highest BCUT2D eigenvalue weighted by Crippen LogP contribution is 2.15. The summed E-state index contributed by atoms with van der Waals surface area (Å²) in [5, 5.41) is 2.51. The number of amides is 2. The number of benzene rings is 1. The average molecular weight is 309 g/mol. The number of nitrogens with zero attached hydrogens (tertiary/aromatic N) is 2. The minimum Gasteiger partial charge on any atom is -0.358 e. The van der Waals surface area contributed by atoms with Gasteiger partial charge in [0.2, 0.25) is 11.8 Å². The molecule has 2 amide bonds. The van der Waals surface area contributed by atoms with Gasteiger partial charge in [-0.25, -0.2) is 0 Å². The first-order chi connectivity index (χ1) is 9.96. The normalized spacial score (nSPS) is 10.5. The van der Waals surface area contributed by atoms with Crippen molar-refractivity contribution in [3.05, 3.63) is 29.8 Å². The second-order valence-electron chi connectivity index (χ2n) is 4.94. The highest BCUT2D eigenvalue weighted by atomic mass is 32.2. The smallest absolute Gasteiger partial charge is 0.239 e. The lowest BCUT2D eigenvalue weighted by molar-refractivity contribution is -0.135. The lowest BCUT2D eigenvalue weighted by Gasteiger charge is -2.21. The third-order valence-electron chi connectivity index (χ3n) is 3.10. The molecule has 0 heterocycles. The van der Waals surface area contributed by atoms with Crippen molar-refractivity contribution >= 4 is 23.6 Å². The summed E-state index contributed by atoms with van der Waals surface area (Å²) >= 11 is 1.71. The lowest BCUT2D eigenvalue weighted by Crippen LogP contribution is -2.41. The zero-order valence-electron chi connectivity index (χ0n) is 13.0. The summed E-state index contributed by atoms with van der Waals surface area (Å²) < 4.78 is 0. The molecule has 1 aromatic rings. The van der Waals surface area contributed by atoms with Crippen LogP contribution in [0.25, 0.3) is 0 Å². The molecule has 5 nitrogen and oxygen atoms in total. The van der Waals surface area contributed by atoms with E-state index in [1.807, 2.05) is 18.2 Å². The van der Waals surface area contributed by atoms with E-state index in [4.69, 9.17) is 0 Å². The molecule has 0 spiro atoms. The van der Waals surface area contributed by atoms with Gasteiger partial charge in [0.1, 0.15) is 0 Å². The lowest BCUT2D eigenvalue weighted by atomic mass is 10.2. The van der Waals surface area contributed by atoms with Crippen LogP contribution in [0.1, 0.15) is 5.56 Å². The molecule has 116 valence electrons. The van der Waals surface area contributed by atoms with Crippen molar-refractivity contribution in [2.75, 3.05) is 40.5 Å². The number of thioether (sulfide) groups is 1. The van der Waals surface area contributed by atoms with Crippen molar-refractivity contribution in [3.63, 3.8) is 0 Å². The Balaban J connectivity index is 2.46. The van der Waals surface area contributed by atoms with Crippen LogP contribution in [0.2, 0.25) is 0 Å². The number of rotatable bonds is 7. The molecule has 0 aliphatic rings. The average Bonchev–Trinajstić information content (AvgIpc) is 2.47. The fourth-order valence-electron chi connectivity index (χ4n) is 1.83. The highest BCUT2D eigenvalue weighted by Gasteiger charge is 2.14. The summed E-state index contributed by atoms with van der Waals surface area (Å²) in [4.78, 5) is 27.8. The number of carbonyl (C=O) groups is 2. The van der Waals surface area contributed by atoms with E-state index < -0.39 is 0 Å². The van der Waals surface area contributed by atoms with Crippen LogP contribution >= 0.6 is 11.8 Å². The first kappa shape index (κ1) is 17.5. The highest BCUT2D eigenvalue weighted by molar-refractivity contribution is 7.98. The third-order valence-corrected chi connectivity index (χ3v) is 3.85. The molecule has 1 N–H and O–H groups in total. The quantitative estimate of drug-likeness (QED) is 0.765. The molecule has 1 aromatic carbocycles. The molecule has 0 fully saturated rings. The first-order valence-corrected chi connectivity index (χ1v) is 7.94. The fourth-order valence-corrected chi connectivity index (χ4v) is 2.24. The fraction of sp³-hybridized carbons (Fsp3) is 0.467. The van der Waals surface area contributed by atoms with Gasteiger partial charge in [-0.15, -0.1) is 11.8 Å². The predicted molar refractivity (Wildman–Crippen MR) is 86.3 cm³/mol. The Morgan fingerprint density at radius 2 is 1.76 bits per heavy atom. The van der Waals surface area contributed by atoms with Crippen LogP contribution in [0.15, 0.2) is 29.2 Å². The minimum absolute atomic E-state index is 0.0677. The molecule has 0 aliphatic carbocycles. The Morgan fingerprint density at radius 1 is 1.14 bits per heavy atom. The zero-order chi connectivity index (χ0) is 15.8. The van der Waals surface area contributed by atoms with Crippen molar-refractivity contribution in [2.45, 2.75) is 11.4 Å². The van der Waals surface area contributed by atoms with Crippen molar-refractivity contribution in [2.24, 2.45) is 0 Å². The first-order valence-electron chi connectivity index (χ1n) is 6.72. The van der Waals surface area contributed by atoms with E-state index in [1.54, 1.807) is 25.9 Å². The molecule has 1 rings (SSSR count). The number of likely N-dealkylation sites (N-methyl/N-ethyl adjacent to an activating group) is 3. The summed E-state index contributed by atoms with van der Waals surface area (Å²) in [6.07, 6.45) is 2.04. The van der Waals surface area contributed by atoms with E-state index in [0.717, 1.165) is 5.56 Å². The van der Waals surface area contributed by atoms with Gasteiger partial charge in [-0.1, -0.05) is 12.1 Å². The van der Waals surface area contributed by atoms with Crippen LogP contribution in [0.3, 0.4) is 0 Å². The largest absolute Gasteiger partial charge is 0.358 e. The van der Waals surface area contributed by atoms with E-state index in [2.05, 4.69) is 29.6 Å². The number of hydrogen-bond donors (Lipinski definition) is 1. The van der Waals surface area contributed by atoms with E-state index in [1.165, 1.54) is 9.80 Å². The molecule has 21 heavy (non-hydrogen) atoms. The molecule has 0 saturated carbocycles. The van der Waals surface area contributed by atoms with Crippen molar-refractivity contribution in [1.82, 2.24) is 15.1 Å². The maximum Gasteiger partial charge on any atom is 0.239 e. The molecule has 0 saturated heterocycles. The Morgan fingerprint density at radius 3 is 2.29 bits per heavy atom. The minimum atomic E-state index is -0.166. The third kappa shape index (κ3) is 6.18. The maximum absolute atomic E-state index is 12.0. The second kappa shape index (κ2) is 8.69. The van der Waals surface area contributed by atoms with E-state index in [-0.39, 0.29) is 24.9 Å². The van der Waals surface area contributed by atoms with Crippen LogP contribution in [-0.2, 0) is 16.1 Å². The Bertz CT molecular complexity index is 476. The summed E-state index contributed by atoms with van der Waals surface area (Å²) in [6.45, 7) is 1.08. The maximum atomic E-state index is 12.0. The number of hydrogen-bond acceptors (Lipinski definition) is 4. The number of carbonyl (C=O) groups excluding carboxylic acids is 2. The molecule has 0 aromatic heterocycles. The van der Waals surface area contributed by atoms with Gasteiger partial charge < -0.3 is 10.2 Å². The van der Waals surface area contributed by atoms with Gasteiger partial charge in [0.15, 0.2) is 0 Å². The monoisotopic (exact) mass is 309 g/mol. The van der Waals surface area contributed by atoms with Crippen molar-refractivity contribution < 1.29 is 9.59 Å². The van der Waals surface area contributed by atoms with Crippen molar-refractivity contribution in [3.8, 4) is 0 Å². The van der Waals surface area contributed by atoms with Gasteiger partial charge in [0.05, 0.1) is 13.1 Å². The predicted octanol–water partition coefficient (Wildman–Crippen LogP) is 1.04. The zero-order valence-corrected chi connectivity index (χ0v) is 13.9. The van der Waals surface area contributed by atoms with Gasteiger partial charge in [-0.2, -0.15) is 0 Å². The Hall–Kier alpha value is -1.53. The molecule has 0 atom stereocenters. The van der Waals surface area contributed by atoms with Gasteiger partial charge >= 0.3 is 0 Å². The van der Waals surface area contributed by atoms with Gasteiger partial charge in [0.25, 0.3) is 0 Å². The number of nitrogens with one attached hydrogen (secondary N) is 1. The topological polar surface area (TPSA) is 52.7 Å². The van der Waals surface area contributed by atoms with Crippen LogP contribution in [0.5, 0.6) is 0 Å². The second-order valence-corrected chi connectivity index (χ2v) is 5.82. The van der Waals surface area contributed by atoms with E-state index >= 15 is 0 Å². The molecule has 0 radical (unpaired) electrons. The van der Waals surface area contributed by atoms with Crippen molar-refractivity contribution in [1.29, 1.82) is 0 Å². The van der Waals surface area contributed by atoms with Gasteiger partial charge in [-0.3, -0.25) is 14.5 Å². The van der Waals surface area contributed by atoms with Gasteiger partial charge in [0, 0.05) is 25.5 Å². The van der Waals surface area contributed by atoms with Gasteiger partial charge in [-0.05, 0) is 31.0 Å². The summed E-state index contributed by atoms with van der Waals surface area (Å²) in [5.74, 6) is -0.233. The van der Waals surface area contributed by atoms with Crippen LogP contribution in [0, 0.1) is 0 Å². The SMILES string of the molecule is CNC(=O)CN(C)C(=O)CN(C)Cc1ccc(SC)cc1. The van der Waals surface area contributed by atoms with E-state index in [0.29, 0.717) is 6.54 Å². The Kier molecular flexibility index (Phi) is 7.25. The summed E-state index contributed by atoms with van der Waals surface area (Å²) in [7, 11) is 5.10. The van der Waals surface area contributed by atoms with E-state index in [9.17, 15) is 9.59 Å². The summed E-state index contributed by atoms with van der Waals surface area (Å²) in [6, 6.07) is 8.29. The summed E-state index contributed by atoms with van der Waals surface area (Å²) in [5.41, 5.74) is 1.16. The molecular weight excluding hydrogens is 286 g/mol. The van der Waals surface area contributed by atoms with Crippen LogP contribution < -0.4 is 5.32 Å². The standard InChI is InChI=1S/C15H23N3O2S/c1-16-14(19)10-18(3)15(20)11-17(2)9-12-5-7-13(21-4)8-6-12/h5-8H,9-11H2,1-4H3,(H,16,19). The molecular formula is C15H23N3O2S. The molecule has 0 aliphatic heterocycles. The molecule has 6 heteroatoms. The molecule has 0 unspecified atom stereocenters. The Labute approximate surface area is 130 Å².